The van der Waals surface area contributed by atoms with E-state index in [2.05, 4.69) is 10.3 Å². The second-order valence-electron chi connectivity index (χ2n) is 6.53. The van der Waals surface area contributed by atoms with Crippen LogP contribution in [0.4, 0.5) is 5.69 Å². The van der Waals surface area contributed by atoms with E-state index in [-0.39, 0.29) is 12.2 Å². The number of hydrogen-bond acceptors (Lipinski definition) is 4. The summed E-state index contributed by atoms with van der Waals surface area (Å²) < 4.78 is 5.08. The number of aryl methyl sites for hydroxylation is 1. The second-order valence-corrected chi connectivity index (χ2v) is 6.53. The molecule has 0 saturated carbocycles. The number of nitriles is 1. The lowest BCUT2D eigenvalue weighted by atomic mass is 10.1. The van der Waals surface area contributed by atoms with Crippen molar-refractivity contribution in [2.75, 3.05) is 11.9 Å². The summed E-state index contributed by atoms with van der Waals surface area (Å²) >= 11 is 0. The van der Waals surface area contributed by atoms with Crippen molar-refractivity contribution in [3.05, 3.63) is 70.6 Å². The summed E-state index contributed by atoms with van der Waals surface area (Å²) in [6.45, 7) is 5.50. The second kappa shape index (κ2) is 8.44. The van der Waals surface area contributed by atoms with Crippen LogP contribution in [0.1, 0.15) is 34.2 Å². The van der Waals surface area contributed by atoms with Crippen LogP contribution in [0, 0.1) is 25.2 Å². The minimum absolute atomic E-state index is 0.0716. The first-order chi connectivity index (χ1) is 14.0. The third-order valence-electron chi connectivity index (χ3n) is 4.65. The summed E-state index contributed by atoms with van der Waals surface area (Å²) in [6, 6.07) is 15.2. The molecule has 0 bridgehead atoms. The monoisotopic (exact) mass is 387 g/mol. The van der Waals surface area contributed by atoms with Crippen molar-refractivity contribution in [1.29, 1.82) is 5.26 Å². The number of aromatic amines is 1. The Morgan fingerprint density at radius 2 is 1.90 bits per heavy atom. The predicted octanol–water partition coefficient (Wildman–Crippen LogP) is 4.51. The Hall–Kier alpha value is -3.85. The highest BCUT2D eigenvalue weighted by Gasteiger charge is 2.20. The molecule has 3 aromatic rings. The Balaban J connectivity index is 1.92. The number of nitrogens with one attached hydrogen (secondary N) is 2. The van der Waals surface area contributed by atoms with E-state index in [0.717, 1.165) is 10.8 Å². The number of hydrogen-bond donors (Lipinski definition) is 2. The van der Waals surface area contributed by atoms with Crippen molar-refractivity contribution in [1.82, 2.24) is 4.98 Å². The molecule has 0 saturated heterocycles. The van der Waals surface area contributed by atoms with Crippen LogP contribution in [0.3, 0.4) is 0 Å². The quantitative estimate of drug-likeness (QED) is 0.383. The van der Waals surface area contributed by atoms with Crippen molar-refractivity contribution in [2.45, 2.75) is 20.8 Å². The molecule has 2 aromatic carbocycles. The third-order valence-corrected chi connectivity index (χ3v) is 4.65. The lowest BCUT2D eigenvalue weighted by Gasteiger charge is -2.08. The fourth-order valence-electron chi connectivity index (χ4n) is 3.24. The highest BCUT2D eigenvalue weighted by Crippen LogP contribution is 2.25. The van der Waals surface area contributed by atoms with Crippen LogP contribution in [0.2, 0.25) is 0 Å². The Kier molecular flexibility index (Phi) is 5.79. The summed E-state index contributed by atoms with van der Waals surface area (Å²) in [5.41, 5.74) is 2.75. The molecule has 0 fully saturated rings. The molecule has 3 rings (SSSR count). The molecule has 0 unspecified atom stereocenters. The molecule has 2 N–H and O–H groups in total. The zero-order valence-electron chi connectivity index (χ0n) is 16.5. The smallest absolute Gasteiger partial charge is 0.340 e. The average molecular weight is 387 g/mol. The molecular formula is C23H21N3O3. The van der Waals surface area contributed by atoms with Gasteiger partial charge in [-0.3, -0.25) is 4.79 Å². The summed E-state index contributed by atoms with van der Waals surface area (Å²) in [6.07, 6.45) is 1.45. The van der Waals surface area contributed by atoms with Crippen molar-refractivity contribution in [2.24, 2.45) is 0 Å². The summed E-state index contributed by atoms with van der Waals surface area (Å²) in [4.78, 5) is 27.9. The number of anilines is 1. The predicted molar refractivity (Wildman–Crippen MR) is 112 cm³/mol. The zero-order chi connectivity index (χ0) is 21.0. The molecule has 0 radical (unpaired) electrons. The summed E-state index contributed by atoms with van der Waals surface area (Å²) in [7, 11) is 0. The van der Waals surface area contributed by atoms with E-state index in [9.17, 15) is 14.9 Å². The van der Waals surface area contributed by atoms with E-state index in [1.165, 1.54) is 6.08 Å². The van der Waals surface area contributed by atoms with Crippen molar-refractivity contribution < 1.29 is 14.3 Å². The van der Waals surface area contributed by atoms with Crippen LogP contribution in [-0.4, -0.2) is 23.5 Å². The number of fused-ring (bicyclic) bond motifs is 1. The van der Waals surface area contributed by atoms with Crippen LogP contribution in [0.5, 0.6) is 0 Å². The lowest BCUT2D eigenvalue weighted by Crippen LogP contribution is -2.13. The Bertz CT molecular complexity index is 1160. The minimum Gasteiger partial charge on any atom is -0.462 e. The van der Waals surface area contributed by atoms with Crippen LogP contribution in [0.15, 0.2) is 48.0 Å². The first-order valence-electron chi connectivity index (χ1n) is 9.23. The first-order valence-corrected chi connectivity index (χ1v) is 9.23. The maximum atomic E-state index is 12.7. The largest absolute Gasteiger partial charge is 0.462 e. The van der Waals surface area contributed by atoms with E-state index in [1.807, 2.05) is 42.5 Å². The molecule has 146 valence electrons. The number of benzene rings is 2. The van der Waals surface area contributed by atoms with Gasteiger partial charge in [0.05, 0.1) is 12.2 Å². The number of ether oxygens (including phenoxy) is 1. The zero-order valence-corrected chi connectivity index (χ0v) is 16.5. The SMILES string of the molecule is CCOC(=O)c1c(C)[nH]c(/C=C(\C#N)C(=O)Nc2cccc3ccccc23)c1C. The molecule has 6 nitrogen and oxygen atoms in total. The van der Waals surface area contributed by atoms with Crippen molar-refractivity contribution >= 4 is 34.4 Å². The van der Waals surface area contributed by atoms with Gasteiger partial charge >= 0.3 is 5.97 Å². The highest BCUT2D eigenvalue weighted by atomic mass is 16.5. The number of carbonyl (C=O) groups is 2. The van der Waals surface area contributed by atoms with Gasteiger partial charge in [0.2, 0.25) is 0 Å². The van der Waals surface area contributed by atoms with E-state index in [1.54, 1.807) is 26.8 Å². The molecule has 1 aromatic heterocycles. The number of H-pyrrole nitrogens is 1. The van der Waals surface area contributed by atoms with E-state index in [4.69, 9.17) is 4.74 Å². The standard InChI is InChI=1S/C23H21N3O3/c1-4-29-23(28)21-14(2)20(25-15(21)3)12-17(13-24)22(27)26-19-11-7-9-16-8-5-6-10-18(16)19/h5-12,25H,4H2,1-3H3,(H,26,27)/b17-12+. The van der Waals surface area contributed by atoms with Crippen molar-refractivity contribution in [3.8, 4) is 6.07 Å². The summed E-state index contributed by atoms with van der Waals surface area (Å²) in [5.74, 6) is -0.953. The van der Waals surface area contributed by atoms with Gasteiger partial charge in [0, 0.05) is 22.5 Å². The van der Waals surface area contributed by atoms with Crippen LogP contribution in [-0.2, 0) is 9.53 Å². The maximum absolute atomic E-state index is 12.7. The lowest BCUT2D eigenvalue weighted by molar-refractivity contribution is -0.112. The molecular weight excluding hydrogens is 366 g/mol. The van der Waals surface area contributed by atoms with E-state index in [0.29, 0.717) is 28.2 Å². The maximum Gasteiger partial charge on any atom is 0.340 e. The highest BCUT2D eigenvalue weighted by molar-refractivity contribution is 6.13. The topological polar surface area (TPSA) is 95.0 Å². The average Bonchev–Trinajstić information content (AvgIpc) is 2.99. The van der Waals surface area contributed by atoms with Gasteiger partial charge in [-0.15, -0.1) is 0 Å². The number of amides is 1. The molecule has 0 aliphatic heterocycles. The first kappa shape index (κ1) is 19.9. The van der Waals surface area contributed by atoms with E-state index < -0.39 is 11.9 Å². The van der Waals surface area contributed by atoms with Gasteiger partial charge in [-0.25, -0.2) is 4.79 Å². The fraction of sp³-hybridized carbons (Fsp3) is 0.174. The van der Waals surface area contributed by atoms with Gasteiger partial charge in [0.15, 0.2) is 0 Å². The Labute approximate surface area is 168 Å². The molecule has 1 amide bonds. The molecule has 1 heterocycles. The molecule has 0 spiro atoms. The molecule has 0 atom stereocenters. The Morgan fingerprint density at radius 3 is 2.62 bits per heavy atom. The van der Waals surface area contributed by atoms with Crippen LogP contribution in [0.25, 0.3) is 16.8 Å². The fourth-order valence-corrected chi connectivity index (χ4v) is 3.24. The van der Waals surface area contributed by atoms with Crippen LogP contribution < -0.4 is 5.32 Å². The van der Waals surface area contributed by atoms with Gasteiger partial charge < -0.3 is 15.0 Å². The Morgan fingerprint density at radius 1 is 1.17 bits per heavy atom. The van der Waals surface area contributed by atoms with E-state index >= 15 is 0 Å². The molecule has 29 heavy (non-hydrogen) atoms. The third kappa shape index (κ3) is 4.04. The van der Waals surface area contributed by atoms with Gasteiger partial charge in [0.1, 0.15) is 11.6 Å². The van der Waals surface area contributed by atoms with Gasteiger partial charge in [-0.1, -0.05) is 36.4 Å². The van der Waals surface area contributed by atoms with Crippen molar-refractivity contribution in [3.63, 3.8) is 0 Å². The number of rotatable bonds is 5. The number of nitrogens with zero attached hydrogens (tertiary/aromatic N) is 1. The molecule has 0 aliphatic carbocycles. The molecule has 0 aliphatic rings. The number of esters is 1. The summed E-state index contributed by atoms with van der Waals surface area (Å²) in [5, 5.41) is 14.2. The van der Waals surface area contributed by atoms with Gasteiger partial charge in [-0.05, 0) is 43.9 Å². The minimum atomic E-state index is -0.520. The van der Waals surface area contributed by atoms with Gasteiger partial charge in [-0.2, -0.15) is 5.26 Å². The number of aromatic nitrogens is 1. The molecule has 6 heteroatoms. The van der Waals surface area contributed by atoms with Crippen LogP contribution >= 0.6 is 0 Å². The normalized spacial score (nSPS) is 11.2. The van der Waals surface area contributed by atoms with Gasteiger partial charge in [0.25, 0.3) is 5.91 Å². The number of carbonyl (C=O) groups excluding carboxylic acids is 2.